The summed E-state index contributed by atoms with van der Waals surface area (Å²) in [6.45, 7) is -0.526. The van der Waals surface area contributed by atoms with Crippen LogP contribution in [0.1, 0.15) is 5.56 Å². The van der Waals surface area contributed by atoms with E-state index in [2.05, 4.69) is 0 Å². The Morgan fingerprint density at radius 1 is 1.35 bits per heavy atom. The average Bonchev–Trinajstić information content (AvgIpc) is 2.77. The zero-order valence-corrected chi connectivity index (χ0v) is 12.5. The van der Waals surface area contributed by atoms with Gasteiger partial charge in [0.05, 0.1) is 6.54 Å². The van der Waals surface area contributed by atoms with Crippen LogP contribution in [0.5, 0.6) is 0 Å². The number of ether oxygens (including phenoxy) is 1. The molecule has 1 N–H and O–H groups in total. The van der Waals surface area contributed by atoms with Gasteiger partial charge < -0.3 is 4.74 Å². The lowest BCUT2D eigenvalue weighted by Crippen LogP contribution is -2.69. The van der Waals surface area contributed by atoms with E-state index in [0.717, 1.165) is 4.90 Å². The number of benzene rings is 1. The highest BCUT2D eigenvalue weighted by atomic mass is 32.2. The largest absolute Gasteiger partial charge is 0.445 e. The Bertz CT molecular complexity index is 740. The van der Waals surface area contributed by atoms with Gasteiger partial charge in [0.15, 0.2) is 0 Å². The second-order valence-corrected chi connectivity index (χ2v) is 6.54. The first kappa shape index (κ1) is 15.7. The van der Waals surface area contributed by atoms with E-state index in [1.54, 1.807) is 30.3 Å². The van der Waals surface area contributed by atoms with Gasteiger partial charge in [-0.3, -0.25) is 14.2 Å². The average molecular weight is 344 g/mol. The summed E-state index contributed by atoms with van der Waals surface area (Å²) >= 11 is 0. The van der Waals surface area contributed by atoms with Crippen molar-refractivity contribution in [3.63, 3.8) is 0 Å². The van der Waals surface area contributed by atoms with Gasteiger partial charge in [-0.05, 0) is 5.56 Å². The Labute approximate surface area is 131 Å². The van der Waals surface area contributed by atoms with Crippen LogP contribution in [0.15, 0.2) is 30.3 Å². The number of carbonyl (C=O) groups is 2. The van der Waals surface area contributed by atoms with Crippen molar-refractivity contribution in [3.05, 3.63) is 35.9 Å². The minimum Gasteiger partial charge on any atom is -0.445 e. The molecule has 2 saturated heterocycles. The van der Waals surface area contributed by atoms with E-state index in [9.17, 15) is 22.4 Å². The third-order valence-electron chi connectivity index (χ3n) is 3.83. The van der Waals surface area contributed by atoms with Crippen LogP contribution in [0.25, 0.3) is 0 Å². The number of hydrogen-bond donors (Lipinski definition) is 1. The van der Waals surface area contributed by atoms with Crippen molar-refractivity contribution in [1.29, 1.82) is 0 Å². The fourth-order valence-electron chi connectivity index (χ4n) is 2.80. The third-order valence-corrected chi connectivity index (χ3v) is 4.75. The molecule has 1 aromatic rings. The molecule has 0 saturated carbocycles. The Kier molecular flexibility index (Phi) is 3.72. The summed E-state index contributed by atoms with van der Waals surface area (Å²) in [5.41, 5.74) is 0.716. The number of hydrogen-bond acceptors (Lipinski definition) is 5. The third kappa shape index (κ3) is 2.63. The molecule has 2 heterocycles. The Hall–Kier alpha value is -2.20. The zero-order valence-electron chi connectivity index (χ0n) is 11.7. The van der Waals surface area contributed by atoms with Crippen LogP contribution in [0, 0.1) is 0 Å². The van der Waals surface area contributed by atoms with Gasteiger partial charge in [-0.15, -0.1) is 0 Å². The van der Waals surface area contributed by atoms with E-state index in [-0.39, 0.29) is 10.9 Å². The molecule has 2 aliphatic heterocycles. The molecule has 8 nitrogen and oxygen atoms in total. The Morgan fingerprint density at radius 3 is 2.61 bits per heavy atom. The topological polar surface area (TPSA) is 104 Å². The minimum absolute atomic E-state index is 0.0548. The molecule has 2 fully saturated rings. The van der Waals surface area contributed by atoms with Crippen molar-refractivity contribution in [3.8, 4) is 0 Å². The van der Waals surface area contributed by atoms with Crippen LogP contribution < -0.4 is 0 Å². The quantitative estimate of drug-likeness (QED) is 0.627. The summed E-state index contributed by atoms with van der Waals surface area (Å²) in [7, 11) is -4.84. The number of halogens is 1. The van der Waals surface area contributed by atoms with Gasteiger partial charge in [-0.25, -0.2) is 13.5 Å². The van der Waals surface area contributed by atoms with Gasteiger partial charge in [0, 0.05) is 0 Å². The first-order valence-electron chi connectivity index (χ1n) is 6.73. The molecule has 2 aliphatic rings. The first-order chi connectivity index (χ1) is 10.8. The summed E-state index contributed by atoms with van der Waals surface area (Å²) < 4.78 is 50.1. The van der Waals surface area contributed by atoms with Crippen LogP contribution in [0.4, 0.5) is 9.18 Å². The van der Waals surface area contributed by atoms with Crippen LogP contribution in [0.2, 0.25) is 0 Å². The van der Waals surface area contributed by atoms with E-state index in [1.807, 2.05) is 0 Å². The van der Waals surface area contributed by atoms with E-state index in [1.165, 1.54) is 0 Å². The van der Waals surface area contributed by atoms with Crippen molar-refractivity contribution in [2.24, 2.45) is 0 Å². The molecule has 0 spiro atoms. The van der Waals surface area contributed by atoms with Crippen molar-refractivity contribution in [1.82, 2.24) is 9.21 Å². The standard InChI is InChI=1S/C13H13FN2O6S/c14-9-6-15(11-10(9)16(12(11)17)23(19,20)21)13(18)22-7-8-4-2-1-3-5-8/h1-5,9-11H,6-7H2,(H,19,20,21)/t9-,10+,11-/m0/s1. The number of likely N-dealkylation sites (tertiary alicyclic amines) is 1. The van der Waals surface area contributed by atoms with E-state index >= 15 is 0 Å². The Morgan fingerprint density at radius 2 is 2.00 bits per heavy atom. The van der Waals surface area contributed by atoms with Gasteiger partial charge in [0.1, 0.15) is 24.9 Å². The number of alkyl halides is 1. The van der Waals surface area contributed by atoms with Gasteiger partial charge in [0.25, 0.3) is 5.91 Å². The van der Waals surface area contributed by atoms with Crippen LogP contribution in [0.3, 0.4) is 0 Å². The summed E-state index contributed by atoms with van der Waals surface area (Å²) in [5, 5.41) is 0. The molecule has 10 heteroatoms. The fourth-order valence-corrected chi connectivity index (χ4v) is 3.69. The smallest absolute Gasteiger partial charge is 0.410 e. The highest BCUT2D eigenvalue weighted by Crippen LogP contribution is 2.37. The highest BCUT2D eigenvalue weighted by molar-refractivity contribution is 7.84. The molecule has 0 aliphatic carbocycles. The van der Waals surface area contributed by atoms with Gasteiger partial charge in [0.2, 0.25) is 0 Å². The number of nitrogens with zero attached hydrogens (tertiary/aromatic N) is 2. The highest BCUT2D eigenvalue weighted by Gasteiger charge is 2.65. The summed E-state index contributed by atoms with van der Waals surface area (Å²) in [4.78, 5) is 24.7. The molecule has 3 rings (SSSR count). The SMILES string of the molecule is O=C(OCc1ccccc1)N1C[C@H](F)[C@@H]2[C@H]1C(=O)N2S(=O)(=O)O. The van der Waals surface area contributed by atoms with Crippen molar-refractivity contribution in [2.75, 3.05) is 6.54 Å². The van der Waals surface area contributed by atoms with Crippen molar-refractivity contribution >= 4 is 22.3 Å². The van der Waals surface area contributed by atoms with Crippen molar-refractivity contribution < 1.29 is 31.7 Å². The summed E-state index contributed by atoms with van der Waals surface area (Å²) in [5.74, 6) is -1.05. The number of carbonyl (C=O) groups excluding carboxylic acids is 2. The number of fused-ring (bicyclic) bond motifs is 1. The van der Waals surface area contributed by atoms with E-state index < -0.39 is 47.1 Å². The molecule has 0 radical (unpaired) electrons. The van der Waals surface area contributed by atoms with Crippen molar-refractivity contribution in [2.45, 2.75) is 24.9 Å². The van der Waals surface area contributed by atoms with Gasteiger partial charge in [-0.1, -0.05) is 30.3 Å². The van der Waals surface area contributed by atoms with E-state index in [0.29, 0.717) is 5.56 Å². The second kappa shape index (κ2) is 5.46. The summed E-state index contributed by atoms with van der Waals surface area (Å²) in [6.07, 6.45) is -2.68. The predicted octanol–water partition coefficient (Wildman–Crippen LogP) is 0.359. The molecule has 1 aromatic carbocycles. The maximum absolute atomic E-state index is 13.9. The zero-order chi connectivity index (χ0) is 16.8. The monoisotopic (exact) mass is 344 g/mol. The molecule has 0 aromatic heterocycles. The minimum atomic E-state index is -4.84. The lowest BCUT2D eigenvalue weighted by atomic mass is 9.99. The first-order valence-corrected chi connectivity index (χ1v) is 8.12. The normalized spacial score (nSPS) is 26.7. The lowest BCUT2D eigenvalue weighted by molar-refractivity contribution is -0.145. The molecular formula is C13H13FN2O6S. The number of amides is 2. The molecule has 3 atom stereocenters. The molecule has 23 heavy (non-hydrogen) atoms. The van der Waals surface area contributed by atoms with Crippen LogP contribution in [-0.4, -0.2) is 59.0 Å². The van der Waals surface area contributed by atoms with Gasteiger partial charge in [-0.2, -0.15) is 8.42 Å². The maximum atomic E-state index is 13.9. The fraction of sp³-hybridized carbons (Fsp3) is 0.385. The second-order valence-electron chi connectivity index (χ2n) is 5.26. The van der Waals surface area contributed by atoms with Crippen LogP contribution in [-0.2, 0) is 26.4 Å². The molecule has 2 amide bonds. The van der Waals surface area contributed by atoms with Gasteiger partial charge >= 0.3 is 16.4 Å². The molecular weight excluding hydrogens is 331 g/mol. The Balaban J connectivity index is 1.68. The maximum Gasteiger partial charge on any atom is 0.410 e. The number of rotatable bonds is 3. The lowest BCUT2D eigenvalue weighted by Gasteiger charge is -2.42. The predicted molar refractivity (Wildman–Crippen MR) is 74.2 cm³/mol. The molecule has 124 valence electrons. The molecule has 0 bridgehead atoms. The van der Waals surface area contributed by atoms with Crippen LogP contribution >= 0.6 is 0 Å². The summed E-state index contributed by atoms with van der Waals surface area (Å²) in [6, 6.07) is 6.09. The number of β-lactam (4-membered cyclic amide) rings is 1. The molecule has 0 unspecified atom stereocenters. The van der Waals surface area contributed by atoms with E-state index in [4.69, 9.17) is 9.29 Å².